The van der Waals surface area contributed by atoms with E-state index in [1.54, 1.807) is 0 Å². The zero-order chi connectivity index (χ0) is 8.65. The topological polar surface area (TPSA) is 9.23 Å². The summed E-state index contributed by atoms with van der Waals surface area (Å²) in [7, 11) is 0. The minimum atomic E-state index is 0.307. The van der Waals surface area contributed by atoms with Crippen molar-refractivity contribution in [2.75, 3.05) is 0 Å². The molecule has 1 saturated heterocycles. The minimum absolute atomic E-state index is 0.307. The van der Waals surface area contributed by atoms with Crippen molar-refractivity contribution in [3.63, 3.8) is 0 Å². The number of allylic oxidation sites excluding steroid dienone is 1. The highest BCUT2D eigenvalue weighted by Gasteiger charge is 2.35. The summed E-state index contributed by atoms with van der Waals surface area (Å²) in [6, 6.07) is 0. The van der Waals surface area contributed by atoms with Crippen LogP contribution in [0, 0.1) is 11.3 Å². The van der Waals surface area contributed by atoms with Gasteiger partial charge in [0.25, 0.3) is 0 Å². The van der Waals surface area contributed by atoms with Gasteiger partial charge in [0.15, 0.2) is 0 Å². The summed E-state index contributed by atoms with van der Waals surface area (Å²) in [5, 5.41) is 0. The fourth-order valence-corrected chi connectivity index (χ4v) is 1.69. The van der Waals surface area contributed by atoms with Crippen molar-refractivity contribution in [2.24, 2.45) is 11.3 Å². The standard InChI is InChI=1S/C10H18O/c1-7-6-9(8(2)11-7)10(3,4)5/h7,9H,2,6H2,1,3-5H3. The Kier molecular flexibility index (Phi) is 2.00. The van der Waals surface area contributed by atoms with Crippen LogP contribution in [-0.2, 0) is 4.74 Å². The van der Waals surface area contributed by atoms with Crippen LogP contribution in [0.2, 0.25) is 0 Å². The Bertz CT molecular complexity index is 164. The van der Waals surface area contributed by atoms with Crippen molar-refractivity contribution in [1.29, 1.82) is 0 Å². The SMILES string of the molecule is C=C1OC(C)CC1C(C)(C)C. The normalized spacial score (nSPS) is 32.2. The van der Waals surface area contributed by atoms with Crippen molar-refractivity contribution < 1.29 is 4.74 Å². The van der Waals surface area contributed by atoms with Crippen molar-refractivity contribution in [2.45, 2.75) is 40.2 Å². The molecule has 1 fully saturated rings. The van der Waals surface area contributed by atoms with Gasteiger partial charge in [-0.25, -0.2) is 0 Å². The van der Waals surface area contributed by atoms with E-state index in [-0.39, 0.29) is 0 Å². The van der Waals surface area contributed by atoms with E-state index in [1.165, 1.54) is 0 Å². The average molecular weight is 154 g/mol. The van der Waals surface area contributed by atoms with E-state index in [0.29, 0.717) is 17.4 Å². The highest BCUT2D eigenvalue weighted by atomic mass is 16.5. The number of rotatable bonds is 0. The lowest BCUT2D eigenvalue weighted by molar-refractivity contribution is 0.174. The van der Waals surface area contributed by atoms with Crippen LogP contribution >= 0.6 is 0 Å². The molecule has 1 aliphatic rings. The Morgan fingerprint density at radius 2 is 2.00 bits per heavy atom. The first-order valence-corrected chi connectivity index (χ1v) is 4.26. The highest BCUT2D eigenvalue weighted by molar-refractivity contribution is 5.03. The summed E-state index contributed by atoms with van der Waals surface area (Å²) in [6.45, 7) is 12.8. The van der Waals surface area contributed by atoms with Gasteiger partial charge in [0.2, 0.25) is 0 Å². The maximum atomic E-state index is 5.51. The van der Waals surface area contributed by atoms with E-state index in [0.717, 1.165) is 12.2 Å². The maximum absolute atomic E-state index is 5.51. The van der Waals surface area contributed by atoms with Crippen LogP contribution in [0.5, 0.6) is 0 Å². The minimum Gasteiger partial charge on any atom is -0.495 e. The van der Waals surface area contributed by atoms with Crippen LogP contribution in [0.25, 0.3) is 0 Å². The van der Waals surface area contributed by atoms with E-state index in [9.17, 15) is 0 Å². The van der Waals surface area contributed by atoms with E-state index < -0.39 is 0 Å². The Hall–Kier alpha value is -0.460. The zero-order valence-electron chi connectivity index (χ0n) is 7.98. The molecule has 64 valence electrons. The van der Waals surface area contributed by atoms with Gasteiger partial charge in [0.05, 0.1) is 11.9 Å². The van der Waals surface area contributed by atoms with Crippen LogP contribution in [0.3, 0.4) is 0 Å². The molecule has 11 heavy (non-hydrogen) atoms. The molecule has 2 atom stereocenters. The summed E-state index contributed by atoms with van der Waals surface area (Å²) >= 11 is 0. The van der Waals surface area contributed by atoms with Gasteiger partial charge >= 0.3 is 0 Å². The molecule has 0 N–H and O–H groups in total. The highest BCUT2D eigenvalue weighted by Crippen LogP contribution is 2.40. The Morgan fingerprint density at radius 1 is 1.45 bits per heavy atom. The lowest BCUT2D eigenvalue weighted by Gasteiger charge is -2.25. The predicted octanol–water partition coefficient (Wildman–Crippen LogP) is 2.97. The zero-order valence-corrected chi connectivity index (χ0v) is 7.98. The second-order valence-corrected chi connectivity index (χ2v) is 4.55. The largest absolute Gasteiger partial charge is 0.495 e. The smallest absolute Gasteiger partial charge is 0.0961 e. The Labute approximate surface area is 69.4 Å². The second-order valence-electron chi connectivity index (χ2n) is 4.55. The van der Waals surface area contributed by atoms with Crippen molar-refractivity contribution in [3.05, 3.63) is 12.3 Å². The second kappa shape index (κ2) is 2.54. The predicted molar refractivity (Wildman–Crippen MR) is 47.2 cm³/mol. The summed E-state index contributed by atoms with van der Waals surface area (Å²) in [5.74, 6) is 1.52. The molecule has 1 rings (SSSR count). The van der Waals surface area contributed by atoms with Gasteiger partial charge in [-0.1, -0.05) is 27.4 Å². The first-order valence-electron chi connectivity index (χ1n) is 4.26. The van der Waals surface area contributed by atoms with Gasteiger partial charge in [-0.2, -0.15) is 0 Å². The van der Waals surface area contributed by atoms with Crippen LogP contribution in [0.15, 0.2) is 12.3 Å². The van der Waals surface area contributed by atoms with E-state index in [1.807, 2.05) is 0 Å². The molecule has 1 heteroatoms. The van der Waals surface area contributed by atoms with Gasteiger partial charge in [-0.3, -0.25) is 0 Å². The molecule has 0 saturated carbocycles. The van der Waals surface area contributed by atoms with E-state index >= 15 is 0 Å². The van der Waals surface area contributed by atoms with Crippen LogP contribution < -0.4 is 0 Å². The summed E-state index contributed by atoms with van der Waals surface area (Å²) in [6.07, 6.45) is 1.49. The van der Waals surface area contributed by atoms with Crippen molar-refractivity contribution in [1.82, 2.24) is 0 Å². The molecule has 0 radical (unpaired) electrons. The number of ether oxygens (including phenoxy) is 1. The molecule has 0 aromatic rings. The molecule has 0 bridgehead atoms. The van der Waals surface area contributed by atoms with Gasteiger partial charge in [-0.15, -0.1) is 0 Å². The van der Waals surface area contributed by atoms with Gasteiger partial charge in [-0.05, 0) is 18.8 Å². The quantitative estimate of drug-likeness (QED) is 0.521. The fraction of sp³-hybridized carbons (Fsp3) is 0.800. The third-order valence-electron chi connectivity index (χ3n) is 2.35. The Morgan fingerprint density at radius 3 is 2.18 bits per heavy atom. The van der Waals surface area contributed by atoms with Crippen LogP contribution in [-0.4, -0.2) is 6.10 Å². The van der Waals surface area contributed by atoms with Crippen LogP contribution in [0.1, 0.15) is 34.1 Å². The third kappa shape index (κ3) is 1.76. The van der Waals surface area contributed by atoms with Gasteiger partial charge in [0.1, 0.15) is 0 Å². The molecular weight excluding hydrogens is 136 g/mol. The van der Waals surface area contributed by atoms with Crippen LogP contribution in [0.4, 0.5) is 0 Å². The molecule has 1 nitrogen and oxygen atoms in total. The third-order valence-corrected chi connectivity index (χ3v) is 2.35. The molecular formula is C10H18O. The monoisotopic (exact) mass is 154 g/mol. The van der Waals surface area contributed by atoms with E-state index in [4.69, 9.17) is 4.74 Å². The summed E-state index contributed by atoms with van der Waals surface area (Å²) in [5.41, 5.74) is 0.307. The van der Waals surface area contributed by atoms with E-state index in [2.05, 4.69) is 34.3 Å². The maximum Gasteiger partial charge on any atom is 0.0961 e. The number of hydrogen-bond acceptors (Lipinski definition) is 1. The van der Waals surface area contributed by atoms with Crippen molar-refractivity contribution in [3.8, 4) is 0 Å². The molecule has 0 amide bonds. The van der Waals surface area contributed by atoms with Crippen molar-refractivity contribution >= 4 is 0 Å². The molecule has 1 heterocycles. The van der Waals surface area contributed by atoms with Gasteiger partial charge in [0, 0.05) is 5.92 Å². The molecule has 0 aromatic carbocycles. The molecule has 0 aliphatic carbocycles. The summed E-state index contributed by atoms with van der Waals surface area (Å²) in [4.78, 5) is 0. The number of hydrogen-bond donors (Lipinski definition) is 0. The van der Waals surface area contributed by atoms with Gasteiger partial charge < -0.3 is 4.74 Å². The Balaban J connectivity index is 2.68. The summed E-state index contributed by atoms with van der Waals surface area (Å²) < 4.78 is 5.51. The lowest BCUT2D eigenvalue weighted by atomic mass is 9.78. The first kappa shape index (κ1) is 8.63. The lowest BCUT2D eigenvalue weighted by Crippen LogP contribution is -2.18. The molecule has 2 unspecified atom stereocenters. The first-order chi connectivity index (χ1) is 4.91. The molecule has 0 spiro atoms. The molecule has 1 aliphatic heterocycles. The fourth-order valence-electron chi connectivity index (χ4n) is 1.69. The molecule has 0 aromatic heterocycles. The average Bonchev–Trinajstić information content (AvgIpc) is 2.08.